The van der Waals surface area contributed by atoms with Crippen LogP contribution < -0.4 is 5.32 Å². The molecule has 0 heterocycles. The average molecular weight is 413 g/mol. The normalized spacial score (nSPS) is 12.9. The molecule has 1 fully saturated rings. The number of anilines is 1. The summed E-state index contributed by atoms with van der Waals surface area (Å²) in [5.41, 5.74) is 3.72. The van der Waals surface area contributed by atoms with Crippen molar-refractivity contribution in [3.8, 4) is 0 Å². The van der Waals surface area contributed by atoms with E-state index >= 15 is 0 Å². The molecular weight excluding hydrogens is 384 g/mol. The first kappa shape index (κ1) is 20.9. The van der Waals surface area contributed by atoms with Gasteiger partial charge in [-0.25, -0.2) is 0 Å². The lowest BCUT2D eigenvalue weighted by atomic mass is 10.1. The van der Waals surface area contributed by atoms with Gasteiger partial charge < -0.3 is 10.2 Å². The molecule has 0 spiro atoms. The molecule has 158 valence electrons. The van der Waals surface area contributed by atoms with Crippen LogP contribution in [0.4, 0.5) is 5.69 Å². The fraction of sp³-hybridized carbons (Fsp3) is 0.259. The lowest BCUT2D eigenvalue weighted by molar-refractivity contribution is -0.117. The Morgan fingerprint density at radius 2 is 1.35 bits per heavy atom. The summed E-state index contributed by atoms with van der Waals surface area (Å²) in [6.45, 7) is 1.29. The summed E-state index contributed by atoms with van der Waals surface area (Å²) in [6.07, 6.45) is 3.52. The second-order valence-electron chi connectivity index (χ2n) is 8.11. The van der Waals surface area contributed by atoms with Crippen molar-refractivity contribution < 1.29 is 9.59 Å². The number of amides is 2. The first-order valence-electron chi connectivity index (χ1n) is 11.0. The number of carbonyl (C=O) groups is 2. The highest BCUT2D eigenvalue weighted by molar-refractivity contribution is 5.98. The zero-order valence-corrected chi connectivity index (χ0v) is 17.7. The van der Waals surface area contributed by atoms with Gasteiger partial charge >= 0.3 is 0 Å². The predicted octanol–water partition coefficient (Wildman–Crippen LogP) is 4.96. The maximum absolute atomic E-state index is 13.4. The molecule has 0 aliphatic heterocycles. The molecule has 3 aromatic carbocycles. The Bertz CT molecular complexity index is 970. The van der Waals surface area contributed by atoms with Crippen molar-refractivity contribution in [1.82, 2.24) is 4.90 Å². The fourth-order valence-electron chi connectivity index (χ4n) is 3.63. The van der Waals surface area contributed by atoms with Crippen molar-refractivity contribution in [2.45, 2.75) is 25.7 Å². The molecule has 0 aromatic heterocycles. The van der Waals surface area contributed by atoms with E-state index in [1.165, 1.54) is 11.1 Å². The molecule has 0 radical (unpaired) electrons. The van der Waals surface area contributed by atoms with Crippen molar-refractivity contribution in [2.75, 3.05) is 18.4 Å². The Kier molecular flexibility index (Phi) is 6.78. The molecular formula is C27H28N2O2. The third kappa shape index (κ3) is 6.05. The van der Waals surface area contributed by atoms with E-state index in [9.17, 15) is 9.59 Å². The van der Waals surface area contributed by atoms with Gasteiger partial charge in [0.15, 0.2) is 0 Å². The van der Waals surface area contributed by atoms with Crippen LogP contribution in [0.2, 0.25) is 0 Å². The average Bonchev–Trinajstić information content (AvgIpc) is 3.66. The Labute approximate surface area is 183 Å². The molecule has 4 nitrogen and oxygen atoms in total. The van der Waals surface area contributed by atoms with Crippen molar-refractivity contribution in [1.29, 1.82) is 0 Å². The minimum atomic E-state index is -0.00520. The van der Waals surface area contributed by atoms with Crippen molar-refractivity contribution >= 4 is 17.5 Å². The summed E-state index contributed by atoms with van der Waals surface area (Å²) >= 11 is 0. The van der Waals surface area contributed by atoms with E-state index in [1.54, 1.807) is 6.07 Å². The number of hydrogen-bond acceptors (Lipinski definition) is 2. The number of nitrogens with one attached hydrogen (secondary N) is 1. The van der Waals surface area contributed by atoms with Gasteiger partial charge in [-0.2, -0.15) is 0 Å². The SMILES string of the molecule is O=C(Nc1cccc(C(=O)N(CCc2ccccc2)CCc2ccccc2)c1)C1CC1. The van der Waals surface area contributed by atoms with Crippen LogP contribution in [0.15, 0.2) is 84.9 Å². The fourth-order valence-corrected chi connectivity index (χ4v) is 3.63. The Balaban J connectivity index is 1.47. The Morgan fingerprint density at radius 3 is 1.90 bits per heavy atom. The second-order valence-corrected chi connectivity index (χ2v) is 8.11. The monoisotopic (exact) mass is 412 g/mol. The Hall–Kier alpha value is -3.40. The highest BCUT2D eigenvalue weighted by Crippen LogP contribution is 2.30. The van der Waals surface area contributed by atoms with Gasteiger partial charge in [0.05, 0.1) is 0 Å². The van der Waals surface area contributed by atoms with Gasteiger partial charge in [0.2, 0.25) is 5.91 Å². The molecule has 4 rings (SSSR count). The molecule has 3 aromatic rings. The van der Waals surface area contributed by atoms with E-state index in [0.717, 1.165) is 25.7 Å². The first-order valence-corrected chi connectivity index (χ1v) is 11.0. The first-order chi connectivity index (χ1) is 15.2. The number of hydrogen-bond donors (Lipinski definition) is 1. The van der Waals surface area contributed by atoms with Gasteiger partial charge in [0.1, 0.15) is 0 Å². The maximum Gasteiger partial charge on any atom is 0.253 e. The summed E-state index contributed by atoms with van der Waals surface area (Å²) in [5.74, 6) is 0.177. The molecule has 0 saturated heterocycles. The lowest BCUT2D eigenvalue weighted by Gasteiger charge is -2.23. The molecule has 1 N–H and O–H groups in total. The molecule has 0 atom stereocenters. The molecule has 1 aliphatic carbocycles. The van der Waals surface area contributed by atoms with Crippen molar-refractivity contribution in [3.05, 3.63) is 102 Å². The van der Waals surface area contributed by atoms with E-state index in [0.29, 0.717) is 24.3 Å². The van der Waals surface area contributed by atoms with E-state index in [4.69, 9.17) is 0 Å². The highest BCUT2D eigenvalue weighted by Gasteiger charge is 2.29. The van der Waals surface area contributed by atoms with Gasteiger partial charge in [0.25, 0.3) is 5.91 Å². The van der Waals surface area contributed by atoms with Crippen LogP contribution in [-0.2, 0) is 17.6 Å². The number of carbonyl (C=O) groups excluding carboxylic acids is 2. The molecule has 0 unspecified atom stereocenters. The van der Waals surface area contributed by atoms with Crippen LogP contribution in [0.3, 0.4) is 0 Å². The number of rotatable bonds is 9. The third-order valence-corrected chi connectivity index (χ3v) is 5.64. The van der Waals surface area contributed by atoms with Crippen molar-refractivity contribution in [3.63, 3.8) is 0 Å². The van der Waals surface area contributed by atoms with Crippen LogP contribution in [0, 0.1) is 5.92 Å². The topological polar surface area (TPSA) is 49.4 Å². The van der Waals surface area contributed by atoms with E-state index in [2.05, 4.69) is 29.6 Å². The van der Waals surface area contributed by atoms with E-state index in [1.807, 2.05) is 59.5 Å². The van der Waals surface area contributed by atoms with Crippen LogP contribution in [0.25, 0.3) is 0 Å². The largest absolute Gasteiger partial charge is 0.338 e. The molecule has 0 bridgehead atoms. The van der Waals surface area contributed by atoms with Crippen LogP contribution in [0.5, 0.6) is 0 Å². The summed E-state index contributed by atoms with van der Waals surface area (Å²) in [6, 6.07) is 27.8. The molecule has 1 aliphatic rings. The Morgan fingerprint density at radius 1 is 0.774 bits per heavy atom. The smallest absolute Gasteiger partial charge is 0.253 e. The number of nitrogens with zero attached hydrogens (tertiary/aromatic N) is 1. The standard InChI is InChI=1S/C27H28N2O2/c30-26(23-14-15-23)28-25-13-7-12-24(20-25)27(31)29(18-16-21-8-3-1-4-9-21)19-17-22-10-5-2-6-11-22/h1-13,20,23H,14-19H2,(H,28,30). The molecule has 1 saturated carbocycles. The zero-order chi connectivity index (χ0) is 21.5. The number of benzene rings is 3. The summed E-state index contributed by atoms with van der Waals surface area (Å²) in [7, 11) is 0. The van der Waals surface area contributed by atoms with Gasteiger partial charge in [-0.3, -0.25) is 9.59 Å². The molecule has 31 heavy (non-hydrogen) atoms. The minimum Gasteiger partial charge on any atom is -0.338 e. The zero-order valence-electron chi connectivity index (χ0n) is 17.7. The quantitative estimate of drug-likeness (QED) is 0.540. The van der Waals surface area contributed by atoms with Crippen LogP contribution >= 0.6 is 0 Å². The minimum absolute atomic E-state index is 0.00520. The summed E-state index contributed by atoms with van der Waals surface area (Å²) < 4.78 is 0. The second kappa shape index (κ2) is 10.1. The van der Waals surface area contributed by atoms with Gasteiger partial charge in [-0.15, -0.1) is 0 Å². The summed E-state index contributed by atoms with van der Waals surface area (Å²) in [4.78, 5) is 27.4. The predicted molar refractivity (Wildman–Crippen MR) is 124 cm³/mol. The highest BCUT2D eigenvalue weighted by atomic mass is 16.2. The van der Waals surface area contributed by atoms with E-state index < -0.39 is 0 Å². The van der Waals surface area contributed by atoms with E-state index in [-0.39, 0.29) is 17.7 Å². The lowest BCUT2D eigenvalue weighted by Crippen LogP contribution is -2.34. The molecule has 2 amide bonds. The molecule has 4 heteroatoms. The van der Waals surface area contributed by atoms with Crippen LogP contribution in [-0.4, -0.2) is 29.8 Å². The van der Waals surface area contributed by atoms with Crippen molar-refractivity contribution in [2.24, 2.45) is 5.92 Å². The summed E-state index contributed by atoms with van der Waals surface area (Å²) in [5, 5.41) is 2.94. The third-order valence-electron chi connectivity index (χ3n) is 5.64. The van der Waals surface area contributed by atoms with Gasteiger partial charge in [0, 0.05) is 30.3 Å². The van der Waals surface area contributed by atoms with Crippen LogP contribution in [0.1, 0.15) is 34.3 Å². The maximum atomic E-state index is 13.4. The van der Waals surface area contributed by atoms with Gasteiger partial charge in [-0.1, -0.05) is 66.7 Å². The van der Waals surface area contributed by atoms with Gasteiger partial charge in [-0.05, 0) is 55.0 Å².